The first-order chi connectivity index (χ1) is 12.8. The van der Waals surface area contributed by atoms with Crippen molar-refractivity contribution in [3.05, 3.63) is 83.9 Å². The van der Waals surface area contributed by atoms with Crippen molar-refractivity contribution >= 4 is 22.5 Å². The van der Waals surface area contributed by atoms with E-state index in [1.54, 1.807) is 6.20 Å². The maximum absolute atomic E-state index is 5.58. The number of aryl methyl sites for hydroxylation is 1. The molecule has 130 valence electrons. The van der Waals surface area contributed by atoms with Crippen LogP contribution in [0.4, 0.5) is 11.6 Å². The molecule has 26 heavy (non-hydrogen) atoms. The molecule has 0 spiro atoms. The molecule has 5 nitrogen and oxygen atoms in total. The summed E-state index contributed by atoms with van der Waals surface area (Å²) in [6.45, 7) is 3.26. The summed E-state index contributed by atoms with van der Waals surface area (Å²) in [5.74, 6) is 3.52. The Kier molecular flexibility index (Phi) is 4.51. The Labute approximate surface area is 152 Å². The zero-order valence-corrected chi connectivity index (χ0v) is 14.6. The molecule has 4 aromatic rings. The van der Waals surface area contributed by atoms with Gasteiger partial charge in [0.25, 0.3) is 0 Å². The molecule has 0 radical (unpaired) electrons. The molecule has 5 heteroatoms. The van der Waals surface area contributed by atoms with Crippen LogP contribution in [0.3, 0.4) is 0 Å². The van der Waals surface area contributed by atoms with Gasteiger partial charge in [-0.1, -0.05) is 18.2 Å². The zero-order chi connectivity index (χ0) is 17.8. The molecular weight excluding hydrogens is 324 g/mol. The van der Waals surface area contributed by atoms with Crippen LogP contribution in [0.15, 0.2) is 71.3 Å². The Balaban J connectivity index is 1.49. The molecule has 0 aliphatic carbocycles. The van der Waals surface area contributed by atoms with Gasteiger partial charge in [-0.05, 0) is 55.0 Å². The maximum atomic E-state index is 5.58. The molecule has 0 aliphatic heterocycles. The SMILES string of the molecule is Cc1ccc(CNc2ccc3c(CNc4ccccn4)cccc3n2)o1. The lowest BCUT2D eigenvalue weighted by Gasteiger charge is -2.10. The van der Waals surface area contributed by atoms with Crippen LogP contribution in [0.5, 0.6) is 0 Å². The summed E-state index contributed by atoms with van der Waals surface area (Å²) < 4.78 is 5.58. The quantitative estimate of drug-likeness (QED) is 0.528. The molecule has 3 aromatic heterocycles. The highest BCUT2D eigenvalue weighted by molar-refractivity contribution is 5.83. The van der Waals surface area contributed by atoms with Crippen molar-refractivity contribution in [2.75, 3.05) is 10.6 Å². The first-order valence-electron chi connectivity index (χ1n) is 8.61. The second-order valence-corrected chi connectivity index (χ2v) is 6.11. The number of hydrogen-bond acceptors (Lipinski definition) is 5. The number of aromatic nitrogens is 2. The highest BCUT2D eigenvalue weighted by atomic mass is 16.3. The minimum atomic E-state index is 0.618. The Hall–Kier alpha value is -3.34. The van der Waals surface area contributed by atoms with E-state index in [1.165, 1.54) is 5.56 Å². The summed E-state index contributed by atoms with van der Waals surface area (Å²) in [6, 6.07) is 20.1. The predicted octanol–water partition coefficient (Wildman–Crippen LogP) is 4.76. The average Bonchev–Trinajstić information content (AvgIpc) is 3.10. The summed E-state index contributed by atoms with van der Waals surface area (Å²) in [4.78, 5) is 9.01. The highest BCUT2D eigenvalue weighted by Gasteiger charge is 2.05. The topological polar surface area (TPSA) is 63.0 Å². The smallest absolute Gasteiger partial charge is 0.127 e. The summed E-state index contributed by atoms with van der Waals surface area (Å²) in [6.07, 6.45) is 1.78. The molecule has 1 aromatic carbocycles. The van der Waals surface area contributed by atoms with Crippen molar-refractivity contribution in [1.29, 1.82) is 0 Å². The second-order valence-electron chi connectivity index (χ2n) is 6.11. The molecule has 0 atom stereocenters. The van der Waals surface area contributed by atoms with E-state index >= 15 is 0 Å². The molecule has 0 saturated heterocycles. The van der Waals surface area contributed by atoms with Gasteiger partial charge in [-0.25, -0.2) is 9.97 Å². The third kappa shape index (κ3) is 3.67. The van der Waals surface area contributed by atoms with E-state index in [9.17, 15) is 0 Å². The van der Waals surface area contributed by atoms with Crippen LogP contribution in [-0.2, 0) is 13.1 Å². The Morgan fingerprint density at radius 2 is 1.77 bits per heavy atom. The summed E-state index contributed by atoms with van der Waals surface area (Å²) in [5.41, 5.74) is 2.15. The van der Waals surface area contributed by atoms with E-state index in [0.29, 0.717) is 13.1 Å². The van der Waals surface area contributed by atoms with E-state index in [-0.39, 0.29) is 0 Å². The van der Waals surface area contributed by atoms with Crippen LogP contribution >= 0.6 is 0 Å². The van der Waals surface area contributed by atoms with Gasteiger partial charge in [-0.2, -0.15) is 0 Å². The number of fused-ring (bicyclic) bond motifs is 1. The summed E-state index contributed by atoms with van der Waals surface area (Å²) >= 11 is 0. The fraction of sp³-hybridized carbons (Fsp3) is 0.143. The van der Waals surface area contributed by atoms with E-state index in [0.717, 1.165) is 34.1 Å². The zero-order valence-electron chi connectivity index (χ0n) is 14.6. The minimum Gasteiger partial charge on any atom is -0.465 e. The number of furan rings is 1. The van der Waals surface area contributed by atoms with E-state index in [4.69, 9.17) is 9.40 Å². The van der Waals surface area contributed by atoms with Gasteiger partial charge in [0.1, 0.15) is 23.2 Å². The Morgan fingerprint density at radius 3 is 2.58 bits per heavy atom. The predicted molar refractivity (Wildman–Crippen MR) is 104 cm³/mol. The van der Waals surface area contributed by atoms with Gasteiger partial charge < -0.3 is 15.1 Å². The van der Waals surface area contributed by atoms with Crippen molar-refractivity contribution in [3.63, 3.8) is 0 Å². The van der Waals surface area contributed by atoms with E-state index in [2.05, 4.69) is 27.8 Å². The van der Waals surface area contributed by atoms with Crippen LogP contribution in [0, 0.1) is 6.92 Å². The molecule has 0 unspecified atom stereocenters. The normalized spacial score (nSPS) is 10.8. The van der Waals surface area contributed by atoms with Crippen molar-refractivity contribution in [2.24, 2.45) is 0 Å². The van der Waals surface area contributed by atoms with Gasteiger partial charge in [0.15, 0.2) is 0 Å². The van der Waals surface area contributed by atoms with Crippen LogP contribution in [0.1, 0.15) is 17.1 Å². The number of nitrogens with one attached hydrogen (secondary N) is 2. The molecule has 0 aliphatic rings. The maximum Gasteiger partial charge on any atom is 0.127 e. The molecule has 0 bridgehead atoms. The first-order valence-corrected chi connectivity index (χ1v) is 8.61. The fourth-order valence-corrected chi connectivity index (χ4v) is 2.88. The minimum absolute atomic E-state index is 0.618. The van der Waals surface area contributed by atoms with Crippen LogP contribution in [0.2, 0.25) is 0 Å². The lowest BCUT2D eigenvalue weighted by atomic mass is 10.1. The van der Waals surface area contributed by atoms with Gasteiger partial charge >= 0.3 is 0 Å². The molecule has 2 N–H and O–H groups in total. The van der Waals surface area contributed by atoms with Gasteiger partial charge in [0.2, 0.25) is 0 Å². The second kappa shape index (κ2) is 7.27. The number of hydrogen-bond donors (Lipinski definition) is 2. The van der Waals surface area contributed by atoms with Crippen molar-refractivity contribution in [1.82, 2.24) is 9.97 Å². The van der Waals surface area contributed by atoms with Crippen molar-refractivity contribution < 1.29 is 4.42 Å². The molecule has 0 fully saturated rings. The largest absolute Gasteiger partial charge is 0.465 e. The number of anilines is 2. The molecular formula is C21H20N4O. The first kappa shape index (κ1) is 16.1. The third-order valence-corrected chi connectivity index (χ3v) is 4.19. The van der Waals surface area contributed by atoms with Crippen LogP contribution in [0.25, 0.3) is 10.9 Å². The number of rotatable bonds is 6. The standard InChI is InChI=1S/C21H20N4O/c1-15-8-9-17(26-15)14-24-21-11-10-18-16(5-4-6-19(18)25-21)13-23-20-7-2-3-12-22-20/h2-12H,13-14H2,1H3,(H,22,23)(H,24,25). The van der Waals surface area contributed by atoms with Crippen molar-refractivity contribution in [2.45, 2.75) is 20.0 Å². The van der Waals surface area contributed by atoms with Crippen LogP contribution < -0.4 is 10.6 Å². The van der Waals surface area contributed by atoms with Crippen LogP contribution in [-0.4, -0.2) is 9.97 Å². The number of benzene rings is 1. The molecule has 0 saturated carbocycles. The molecule has 4 rings (SSSR count). The van der Waals surface area contributed by atoms with Gasteiger partial charge in [0.05, 0.1) is 12.1 Å². The van der Waals surface area contributed by atoms with E-state index in [1.807, 2.05) is 55.5 Å². The highest BCUT2D eigenvalue weighted by Crippen LogP contribution is 2.21. The van der Waals surface area contributed by atoms with Crippen molar-refractivity contribution in [3.8, 4) is 0 Å². The Morgan fingerprint density at radius 1 is 0.846 bits per heavy atom. The average molecular weight is 344 g/mol. The third-order valence-electron chi connectivity index (χ3n) is 4.19. The lowest BCUT2D eigenvalue weighted by Crippen LogP contribution is -2.03. The van der Waals surface area contributed by atoms with E-state index < -0.39 is 0 Å². The van der Waals surface area contributed by atoms with Gasteiger partial charge in [-0.15, -0.1) is 0 Å². The lowest BCUT2D eigenvalue weighted by molar-refractivity contribution is 0.490. The summed E-state index contributed by atoms with van der Waals surface area (Å²) in [7, 11) is 0. The number of nitrogens with zero attached hydrogens (tertiary/aromatic N) is 2. The molecule has 3 heterocycles. The Bertz CT molecular complexity index is 1010. The number of pyridine rings is 2. The molecule has 0 amide bonds. The van der Waals surface area contributed by atoms with Gasteiger partial charge in [0, 0.05) is 18.1 Å². The monoisotopic (exact) mass is 344 g/mol. The summed E-state index contributed by atoms with van der Waals surface area (Å²) in [5, 5.41) is 7.80. The van der Waals surface area contributed by atoms with Gasteiger partial charge in [-0.3, -0.25) is 0 Å². The fourth-order valence-electron chi connectivity index (χ4n) is 2.88.